The molecular weight excluding hydrogens is 294 g/mol. The van der Waals surface area contributed by atoms with Gasteiger partial charge in [0.2, 0.25) is 5.91 Å². The molecule has 5 heteroatoms. The highest BCUT2D eigenvalue weighted by Gasteiger charge is 2.21. The summed E-state index contributed by atoms with van der Waals surface area (Å²) in [7, 11) is 0. The van der Waals surface area contributed by atoms with E-state index in [1.807, 2.05) is 15.8 Å². The molecule has 3 rings (SSSR count). The zero-order valence-electron chi connectivity index (χ0n) is 12.9. The van der Waals surface area contributed by atoms with Gasteiger partial charge in [-0.2, -0.15) is 0 Å². The first-order chi connectivity index (χ1) is 10.7. The summed E-state index contributed by atoms with van der Waals surface area (Å²) in [4.78, 5) is 20.8. The standard InChI is InChI=1S/C17H21N3OS/c1-14-3-2-4-16(11-14)19-7-9-20(10-8-19)17(21)6-5-15-12-22-13-18-15/h2-4,11-13H,5-10H2,1H3. The Morgan fingerprint density at radius 3 is 2.77 bits per heavy atom. The van der Waals surface area contributed by atoms with E-state index >= 15 is 0 Å². The molecule has 0 unspecified atom stereocenters. The lowest BCUT2D eigenvalue weighted by atomic mass is 10.1. The van der Waals surface area contributed by atoms with E-state index in [2.05, 4.69) is 41.1 Å². The molecule has 2 heterocycles. The highest BCUT2D eigenvalue weighted by Crippen LogP contribution is 2.18. The fourth-order valence-electron chi connectivity index (χ4n) is 2.79. The van der Waals surface area contributed by atoms with Crippen LogP contribution in [-0.2, 0) is 11.2 Å². The molecule has 22 heavy (non-hydrogen) atoms. The van der Waals surface area contributed by atoms with Gasteiger partial charge in [0, 0.05) is 43.7 Å². The first-order valence-electron chi connectivity index (χ1n) is 7.69. The van der Waals surface area contributed by atoms with Crippen LogP contribution in [0, 0.1) is 6.92 Å². The predicted octanol–water partition coefficient (Wildman–Crippen LogP) is 2.73. The molecule has 0 radical (unpaired) electrons. The Morgan fingerprint density at radius 2 is 2.09 bits per heavy atom. The van der Waals surface area contributed by atoms with Gasteiger partial charge < -0.3 is 9.80 Å². The summed E-state index contributed by atoms with van der Waals surface area (Å²) in [5.74, 6) is 0.247. The molecule has 0 spiro atoms. The number of hydrogen-bond donors (Lipinski definition) is 0. The molecule has 116 valence electrons. The first-order valence-corrected chi connectivity index (χ1v) is 8.63. The fourth-order valence-corrected chi connectivity index (χ4v) is 3.39. The SMILES string of the molecule is Cc1cccc(N2CCN(C(=O)CCc3cscn3)CC2)c1. The van der Waals surface area contributed by atoms with E-state index in [4.69, 9.17) is 0 Å². The second-order valence-corrected chi connectivity index (χ2v) is 6.41. The summed E-state index contributed by atoms with van der Waals surface area (Å²) in [6, 6.07) is 8.56. The van der Waals surface area contributed by atoms with E-state index in [1.54, 1.807) is 11.3 Å². The Bertz CT molecular complexity index is 619. The lowest BCUT2D eigenvalue weighted by Crippen LogP contribution is -2.48. The zero-order valence-corrected chi connectivity index (χ0v) is 13.7. The maximum atomic E-state index is 12.3. The van der Waals surface area contributed by atoms with Gasteiger partial charge in [-0.05, 0) is 31.0 Å². The molecule has 1 aromatic carbocycles. The number of nitrogens with zero attached hydrogens (tertiary/aromatic N) is 3. The van der Waals surface area contributed by atoms with Gasteiger partial charge in [-0.3, -0.25) is 4.79 Å². The van der Waals surface area contributed by atoms with E-state index < -0.39 is 0 Å². The van der Waals surface area contributed by atoms with Gasteiger partial charge in [0.05, 0.1) is 11.2 Å². The highest BCUT2D eigenvalue weighted by atomic mass is 32.1. The monoisotopic (exact) mass is 315 g/mol. The number of benzene rings is 1. The van der Waals surface area contributed by atoms with Crippen LogP contribution < -0.4 is 4.90 Å². The summed E-state index contributed by atoms with van der Waals surface area (Å²) in [5, 5.41) is 2.02. The van der Waals surface area contributed by atoms with Crippen LogP contribution in [0.5, 0.6) is 0 Å². The van der Waals surface area contributed by atoms with Crippen molar-refractivity contribution < 1.29 is 4.79 Å². The molecule has 1 aliphatic heterocycles. The maximum Gasteiger partial charge on any atom is 0.223 e. The largest absolute Gasteiger partial charge is 0.368 e. The minimum absolute atomic E-state index is 0.247. The predicted molar refractivity (Wildman–Crippen MR) is 90.4 cm³/mol. The van der Waals surface area contributed by atoms with Crippen molar-refractivity contribution in [2.75, 3.05) is 31.1 Å². The first kappa shape index (κ1) is 15.0. The van der Waals surface area contributed by atoms with Crippen molar-refractivity contribution in [2.45, 2.75) is 19.8 Å². The number of thiazole rings is 1. The van der Waals surface area contributed by atoms with Crippen LogP contribution in [0.25, 0.3) is 0 Å². The number of hydrogen-bond acceptors (Lipinski definition) is 4. The lowest BCUT2D eigenvalue weighted by molar-refractivity contribution is -0.131. The molecule has 0 aliphatic carbocycles. The van der Waals surface area contributed by atoms with Gasteiger partial charge >= 0.3 is 0 Å². The van der Waals surface area contributed by atoms with Crippen LogP contribution >= 0.6 is 11.3 Å². The Kier molecular flexibility index (Phi) is 4.73. The average molecular weight is 315 g/mol. The fraction of sp³-hybridized carbons (Fsp3) is 0.412. The molecule has 1 fully saturated rings. The number of aryl methyl sites for hydroxylation is 2. The van der Waals surface area contributed by atoms with Gasteiger partial charge in [-0.25, -0.2) is 4.98 Å². The van der Waals surface area contributed by atoms with E-state index in [-0.39, 0.29) is 5.91 Å². The number of aromatic nitrogens is 1. The van der Waals surface area contributed by atoms with Crippen LogP contribution in [-0.4, -0.2) is 42.0 Å². The number of piperazine rings is 1. The summed E-state index contributed by atoms with van der Waals surface area (Å²) in [6.45, 7) is 5.55. The average Bonchev–Trinajstić information content (AvgIpc) is 3.06. The molecule has 1 saturated heterocycles. The Labute approximate surface area is 135 Å². The van der Waals surface area contributed by atoms with Gasteiger partial charge in [0.1, 0.15) is 0 Å². The zero-order chi connectivity index (χ0) is 15.4. The molecule has 1 aromatic heterocycles. The van der Waals surface area contributed by atoms with Crippen molar-refractivity contribution in [1.29, 1.82) is 0 Å². The van der Waals surface area contributed by atoms with Crippen LogP contribution in [0.2, 0.25) is 0 Å². The van der Waals surface area contributed by atoms with Crippen LogP contribution in [0.4, 0.5) is 5.69 Å². The minimum atomic E-state index is 0.247. The second-order valence-electron chi connectivity index (χ2n) is 5.69. The third kappa shape index (κ3) is 3.65. The molecule has 2 aromatic rings. The molecule has 0 saturated carbocycles. The normalized spacial score (nSPS) is 15.1. The number of carbonyl (C=O) groups excluding carboxylic acids is 1. The number of amides is 1. The molecule has 0 atom stereocenters. The van der Waals surface area contributed by atoms with Crippen molar-refractivity contribution in [3.8, 4) is 0 Å². The van der Waals surface area contributed by atoms with Gasteiger partial charge in [0.15, 0.2) is 0 Å². The molecule has 1 amide bonds. The lowest BCUT2D eigenvalue weighted by Gasteiger charge is -2.36. The Morgan fingerprint density at radius 1 is 1.27 bits per heavy atom. The van der Waals surface area contributed by atoms with Crippen molar-refractivity contribution in [1.82, 2.24) is 9.88 Å². The second kappa shape index (κ2) is 6.92. The third-order valence-corrected chi connectivity index (χ3v) is 4.71. The van der Waals surface area contributed by atoms with Crippen molar-refractivity contribution in [3.05, 3.63) is 46.4 Å². The summed E-state index contributed by atoms with van der Waals surface area (Å²) < 4.78 is 0. The number of anilines is 1. The Balaban J connectivity index is 1.49. The van der Waals surface area contributed by atoms with Crippen molar-refractivity contribution in [2.24, 2.45) is 0 Å². The number of carbonyl (C=O) groups is 1. The topological polar surface area (TPSA) is 36.4 Å². The van der Waals surface area contributed by atoms with Crippen LogP contribution in [0.1, 0.15) is 17.7 Å². The van der Waals surface area contributed by atoms with Crippen molar-refractivity contribution in [3.63, 3.8) is 0 Å². The number of rotatable bonds is 4. The van der Waals surface area contributed by atoms with Crippen molar-refractivity contribution >= 4 is 22.9 Å². The van der Waals surface area contributed by atoms with Gasteiger partial charge in [-0.1, -0.05) is 12.1 Å². The van der Waals surface area contributed by atoms with E-state index in [9.17, 15) is 4.79 Å². The minimum Gasteiger partial charge on any atom is -0.368 e. The Hall–Kier alpha value is -1.88. The summed E-state index contributed by atoms with van der Waals surface area (Å²) in [6.07, 6.45) is 1.31. The maximum absolute atomic E-state index is 12.3. The van der Waals surface area contributed by atoms with Gasteiger partial charge in [0.25, 0.3) is 0 Å². The van der Waals surface area contributed by atoms with Gasteiger partial charge in [-0.15, -0.1) is 11.3 Å². The van der Waals surface area contributed by atoms with E-state index in [0.29, 0.717) is 6.42 Å². The van der Waals surface area contributed by atoms with E-state index in [0.717, 1.165) is 38.3 Å². The summed E-state index contributed by atoms with van der Waals surface area (Å²) >= 11 is 1.58. The summed E-state index contributed by atoms with van der Waals surface area (Å²) in [5.41, 5.74) is 5.38. The van der Waals surface area contributed by atoms with Crippen LogP contribution in [0.15, 0.2) is 35.2 Å². The molecular formula is C17H21N3OS. The smallest absolute Gasteiger partial charge is 0.223 e. The molecule has 0 bridgehead atoms. The molecule has 4 nitrogen and oxygen atoms in total. The third-order valence-electron chi connectivity index (χ3n) is 4.08. The quantitative estimate of drug-likeness (QED) is 0.870. The molecule has 0 N–H and O–H groups in total. The highest BCUT2D eigenvalue weighted by molar-refractivity contribution is 7.07. The van der Waals surface area contributed by atoms with E-state index in [1.165, 1.54) is 11.3 Å². The molecule has 1 aliphatic rings. The van der Waals surface area contributed by atoms with Crippen LogP contribution in [0.3, 0.4) is 0 Å².